The molecule has 0 aromatic carbocycles. The molecule has 0 N–H and O–H groups in total. The van der Waals surface area contributed by atoms with Gasteiger partial charge in [-0.05, 0) is 10.5 Å². The van der Waals surface area contributed by atoms with Crippen LogP contribution >= 0.6 is 132 Å². The smallest absolute Gasteiger partial charge is 0.0936 e. The van der Waals surface area contributed by atoms with Gasteiger partial charge >= 0.3 is 0 Å². The van der Waals surface area contributed by atoms with Crippen LogP contribution in [0.15, 0.2) is 53.8 Å². The summed E-state index contributed by atoms with van der Waals surface area (Å²) in [6, 6.07) is 0. The van der Waals surface area contributed by atoms with E-state index in [2.05, 4.69) is 35.7 Å². The van der Waals surface area contributed by atoms with Gasteiger partial charge in [-0.25, -0.2) is 0 Å². The van der Waals surface area contributed by atoms with Gasteiger partial charge in [-0.15, -0.1) is 0 Å². The molecular formula is C10H9BrCl10. The number of hydrogen-bond donors (Lipinski definition) is 0. The molecule has 0 bridgehead atoms. The van der Waals surface area contributed by atoms with Crippen LogP contribution in [0, 0.1) is 0 Å². The highest BCUT2D eigenvalue weighted by Gasteiger charge is 1.88. The molecule has 0 aromatic heterocycles. The first-order valence-electron chi connectivity index (χ1n) is 3.88. The second kappa shape index (κ2) is 33.6. The molecule has 0 saturated carbocycles. The molecule has 0 atom stereocenters. The van der Waals surface area contributed by atoms with Crippen molar-refractivity contribution in [1.29, 1.82) is 0 Å². The normalized spacial score (nSPS) is 6.43. The number of hydrogen-bond acceptors (Lipinski definition) is 0. The van der Waals surface area contributed by atoms with Gasteiger partial charge in [0.2, 0.25) is 0 Å². The lowest BCUT2D eigenvalue weighted by Gasteiger charge is -1.75. The third kappa shape index (κ3) is 136. The van der Waals surface area contributed by atoms with E-state index in [9.17, 15) is 0 Å². The van der Waals surface area contributed by atoms with Crippen LogP contribution < -0.4 is 0 Å². The van der Waals surface area contributed by atoms with Crippen LogP contribution in [0.3, 0.4) is 0 Å². The molecular weight excluding hydrogens is 555 g/mol. The van der Waals surface area contributed by atoms with Crippen LogP contribution in [-0.4, -0.2) is 0 Å². The van der Waals surface area contributed by atoms with Crippen LogP contribution in [-0.2, 0) is 0 Å². The van der Waals surface area contributed by atoms with Gasteiger partial charge in [0.1, 0.15) is 13.5 Å². The van der Waals surface area contributed by atoms with E-state index in [0.29, 0.717) is 0 Å². The Morgan fingerprint density at radius 3 is 0.857 bits per heavy atom. The fourth-order valence-electron chi connectivity index (χ4n) is 0. The molecule has 0 amide bonds. The molecule has 0 aliphatic carbocycles. The zero-order valence-electron chi connectivity index (χ0n) is 10.0. The molecule has 0 radical (unpaired) electrons. The van der Waals surface area contributed by atoms with E-state index < -0.39 is 0 Å². The summed E-state index contributed by atoms with van der Waals surface area (Å²) in [5.74, 6) is 0. The Kier molecular flexibility index (Phi) is 55.1. The quantitative estimate of drug-likeness (QED) is 0.275. The zero-order valence-corrected chi connectivity index (χ0v) is 19.2. The monoisotopic (exact) mass is 558 g/mol. The molecule has 0 spiro atoms. The van der Waals surface area contributed by atoms with Crippen molar-refractivity contribution in [1.82, 2.24) is 0 Å². The highest BCUT2D eigenvalue weighted by molar-refractivity contribution is 9.11. The second-order valence-corrected chi connectivity index (χ2v) is 6.75. The summed E-state index contributed by atoms with van der Waals surface area (Å²) in [6.45, 7) is 9.49. The summed E-state index contributed by atoms with van der Waals surface area (Å²) in [6.07, 6.45) is 0. The first-order chi connectivity index (χ1) is 9.47. The van der Waals surface area contributed by atoms with E-state index in [1.54, 1.807) is 4.99 Å². The maximum Gasteiger partial charge on any atom is 0.136 e. The molecule has 126 valence electrons. The van der Waals surface area contributed by atoms with Crippen molar-refractivity contribution in [3.8, 4) is 0 Å². The standard InChI is InChI=1S/C2H3Br.C2Cl4.C2HCl3.C2H2Cl2.C2H3Cl/c1-2-3;3-1(4)2(5)6;3-1-2(4)5;1-2(3)4;1-2-3/h2H,1H2;;1H;1H2;2H,1H2. The SMILES string of the molecule is C=C(Cl)Cl.C=CBr.C=CCl.ClC(Cl)=C(Cl)Cl.ClC=C(Cl)Cl. The Bertz CT molecular complexity index is 279. The number of rotatable bonds is 0. The molecule has 11 heteroatoms. The van der Waals surface area contributed by atoms with Gasteiger partial charge in [-0.3, -0.25) is 0 Å². The highest BCUT2D eigenvalue weighted by atomic mass is 79.9. The van der Waals surface area contributed by atoms with Gasteiger partial charge in [0.25, 0.3) is 0 Å². The Labute approximate surface area is 183 Å². The Hall–Kier alpha value is 2.08. The van der Waals surface area contributed by atoms with Crippen molar-refractivity contribution in [2.45, 2.75) is 0 Å². The van der Waals surface area contributed by atoms with E-state index in [4.69, 9.17) is 116 Å². The largest absolute Gasteiger partial charge is 0.136 e. The minimum Gasteiger partial charge on any atom is -0.0936 e. The van der Waals surface area contributed by atoms with Gasteiger partial charge in [-0.1, -0.05) is 152 Å². The minimum atomic E-state index is -0.0988. The average molecular weight is 564 g/mol. The molecule has 0 aromatic rings. The van der Waals surface area contributed by atoms with Gasteiger partial charge in [-0.2, -0.15) is 0 Å². The van der Waals surface area contributed by atoms with Gasteiger partial charge in [0.15, 0.2) is 0 Å². The van der Waals surface area contributed by atoms with Crippen molar-refractivity contribution in [3.63, 3.8) is 0 Å². The summed E-state index contributed by atoms with van der Waals surface area (Å²) < 4.78 is 0.00309. The van der Waals surface area contributed by atoms with Gasteiger partial charge in [0, 0.05) is 5.54 Å². The van der Waals surface area contributed by atoms with E-state index in [1.165, 1.54) is 5.54 Å². The lowest BCUT2D eigenvalue weighted by Crippen LogP contribution is -1.47. The van der Waals surface area contributed by atoms with Crippen molar-refractivity contribution in [3.05, 3.63) is 53.8 Å². The lowest BCUT2D eigenvalue weighted by atomic mass is 11.2. The maximum atomic E-state index is 4.99. The highest BCUT2D eigenvalue weighted by Crippen LogP contribution is 2.20. The van der Waals surface area contributed by atoms with Gasteiger partial charge < -0.3 is 0 Å². The average Bonchev–Trinajstić information content (AvgIpc) is 2.30. The summed E-state index contributed by atoms with van der Waals surface area (Å²) in [7, 11) is 0. The summed E-state index contributed by atoms with van der Waals surface area (Å²) in [4.78, 5) is 1.56. The van der Waals surface area contributed by atoms with Crippen LogP contribution in [0.5, 0.6) is 0 Å². The van der Waals surface area contributed by atoms with Crippen LogP contribution in [0.25, 0.3) is 0 Å². The summed E-state index contributed by atoms with van der Waals surface area (Å²) >= 11 is 52.2. The van der Waals surface area contributed by atoms with Crippen molar-refractivity contribution < 1.29 is 0 Å². The first-order valence-corrected chi connectivity index (χ1v) is 8.69. The Morgan fingerprint density at radius 2 is 0.857 bits per heavy atom. The van der Waals surface area contributed by atoms with Crippen LogP contribution in [0.2, 0.25) is 0 Å². The number of halogens is 11. The maximum absolute atomic E-state index is 4.99. The first kappa shape index (κ1) is 34.4. The van der Waals surface area contributed by atoms with E-state index in [-0.39, 0.29) is 18.0 Å². The minimum absolute atomic E-state index is 0.0895. The van der Waals surface area contributed by atoms with Crippen molar-refractivity contribution in [2.75, 3.05) is 0 Å². The molecule has 21 heavy (non-hydrogen) atoms. The van der Waals surface area contributed by atoms with E-state index >= 15 is 0 Å². The fraction of sp³-hybridized carbons (Fsp3) is 0. The zero-order chi connectivity index (χ0) is 18.4. The molecule has 0 aliphatic rings. The predicted octanol–water partition coefficient (Wildman–Crippen LogP) is 10.4. The van der Waals surface area contributed by atoms with Crippen molar-refractivity contribution in [2.24, 2.45) is 0 Å². The van der Waals surface area contributed by atoms with E-state index in [0.717, 1.165) is 5.54 Å². The molecule has 0 aliphatic heterocycles. The van der Waals surface area contributed by atoms with Gasteiger partial charge in [0.05, 0.1) is 4.49 Å². The predicted molar refractivity (Wildman–Crippen MR) is 112 cm³/mol. The van der Waals surface area contributed by atoms with E-state index in [1.807, 2.05) is 0 Å². The topological polar surface area (TPSA) is 0 Å². The summed E-state index contributed by atoms with van der Waals surface area (Å²) in [5.41, 5.74) is 2.31. The third-order valence-corrected chi connectivity index (χ3v) is 2.03. The molecule has 0 unspecified atom stereocenters. The Morgan fingerprint density at radius 1 is 0.762 bits per heavy atom. The molecule has 0 nitrogen and oxygen atoms in total. The van der Waals surface area contributed by atoms with Crippen molar-refractivity contribution >= 4 is 132 Å². The molecule has 0 rings (SSSR count). The molecule has 0 fully saturated rings. The fourth-order valence-corrected chi connectivity index (χ4v) is 0. The second-order valence-electron chi connectivity index (χ2n) is 1.57. The Balaban J connectivity index is -0.0000000524. The summed E-state index contributed by atoms with van der Waals surface area (Å²) in [5, 5.41) is 0. The molecule has 0 heterocycles. The lowest BCUT2D eigenvalue weighted by molar-refractivity contribution is 2.25. The molecule has 0 saturated heterocycles. The van der Waals surface area contributed by atoms with Crippen LogP contribution in [0.4, 0.5) is 0 Å². The van der Waals surface area contributed by atoms with Crippen LogP contribution in [0.1, 0.15) is 0 Å². The third-order valence-electron chi connectivity index (χ3n) is 0.225.